The van der Waals surface area contributed by atoms with Crippen LogP contribution in [0, 0.1) is 0 Å². The zero-order chi connectivity index (χ0) is 17.7. The molecule has 0 radical (unpaired) electrons. The molecule has 0 aliphatic heterocycles. The van der Waals surface area contributed by atoms with Crippen molar-refractivity contribution < 1.29 is 18.7 Å². The molecule has 0 bridgehead atoms. The Morgan fingerprint density at radius 1 is 0.720 bits per heavy atom. The Morgan fingerprint density at radius 3 is 1.32 bits per heavy atom. The van der Waals surface area contributed by atoms with Crippen molar-refractivity contribution >= 4 is 29.1 Å². The second-order valence-electron chi connectivity index (χ2n) is 5.46. The van der Waals surface area contributed by atoms with E-state index in [-0.39, 0.29) is 0 Å². The van der Waals surface area contributed by atoms with E-state index in [4.69, 9.17) is 0 Å². The van der Waals surface area contributed by atoms with Gasteiger partial charge in [0.25, 0.3) is 0 Å². The Morgan fingerprint density at radius 2 is 1.04 bits per heavy atom. The minimum Gasteiger partial charge on any atom is -0.247 e. The molecule has 3 aromatic rings. The summed E-state index contributed by atoms with van der Waals surface area (Å²) in [6, 6.07) is 26.7. The van der Waals surface area contributed by atoms with E-state index < -0.39 is 19.1 Å². The second-order valence-corrected chi connectivity index (χ2v) is 8.91. The fourth-order valence-corrected chi connectivity index (χ4v) is 6.99. The van der Waals surface area contributed by atoms with E-state index in [0.717, 1.165) is 0 Å². The summed E-state index contributed by atoms with van der Waals surface area (Å²) in [7, 11) is -3.10. The summed E-state index contributed by atoms with van der Waals surface area (Å²) in [6.45, 7) is 0. The third kappa shape index (κ3) is 3.06. The Kier molecular flexibility index (Phi) is 5.20. The molecule has 1 unspecified atom stereocenters. The van der Waals surface area contributed by atoms with Gasteiger partial charge >= 0.3 is 11.9 Å². The summed E-state index contributed by atoms with van der Waals surface area (Å²) >= 11 is 0. The van der Waals surface area contributed by atoms with Gasteiger partial charge in [0.15, 0.2) is 7.26 Å². The van der Waals surface area contributed by atoms with E-state index in [1.807, 2.05) is 18.2 Å². The second kappa shape index (κ2) is 7.54. The van der Waals surface area contributed by atoms with E-state index in [1.54, 1.807) is 72.8 Å². The first-order valence-corrected chi connectivity index (χ1v) is 9.59. The molecule has 0 aliphatic rings. The third-order valence-electron chi connectivity index (χ3n) is 4.10. The van der Waals surface area contributed by atoms with Crippen molar-refractivity contribution in [3.63, 3.8) is 0 Å². The lowest BCUT2D eigenvalue weighted by atomic mass is 10.4. The summed E-state index contributed by atoms with van der Waals surface area (Å²) in [5.74, 6) is -3.66. The van der Waals surface area contributed by atoms with Crippen LogP contribution in [0.15, 0.2) is 91.0 Å². The molecule has 25 heavy (non-hydrogen) atoms. The van der Waals surface area contributed by atoms with E-state index >= 15 is 4.39 Å². The zero-order valence-corrected chi connectivity index (χ0v) is 14.2. The first-order chi connectivity index (χ1) is 12.2. The van der Waals surface area contributed by atoms with Crippen molar-refractivity contribution in [2.45, 2.75) is 5.91 Å². The molecule has 0 heterocycles. The van der Waals surface area contributed by atoms with Crippen LogP contribution < -0.4 is 15.9 Å². The molecule has 126 valence electrons. The van der Waals surface area contributed by atoms with Crippen LogP contribution in [-0.4, -0.2) is 11.9 Å². The zero-order valence-electron chi connectivity index (χ0n) is 13.3. The molecule has 0 saturated carbocycles. The van der Waals surface area contributed by atoms with Crippen molar-refractivity contribution in [1.82, 2.24) is 0 Å². The van der Waals surface area contributed by atoms with Gasteiger partial charge in [-0.05, 0) is 36.4 Å². The van der Waals surface area contributed by atoms with Gasteiger partial charge in [0, 0.05) is 4.53 Å². The molecule has 3 rings (SSSR count). The fraction of sp³-hybridized carbons (Fsp3) is 0.0500. The monoisotopic (exact) mass is 357 g/mol. The number of rotatable bonds is 5. The molecule has 3 aromatic carbocycles. The molecule has 0 N–H and O–H groups in total. The Bertz CT molecular complexity index is 729. The highest BCUT2D eigenvalue weighted by Gasteiger charge is 2.58. The standard InChI is InChI=1S/C20H16F2O2P/c21-19(20(23)24-22)25(16-10-4-1-5-11-16,17-12-6-2-7-13-17)18-14-8-3-9-15-18/h1-15,19H/q+1. The number of hydrogen-bond acceptors (Lipinski definition) is 2. The summed E-state index contributed by atoms with van der Waals surface area (Å²) in [6.07, 6.45) is 0. The van der Waals surface area contributed by atoms with E-state index in [1.165, 1.54) is 0 Å². The molecule has 0 spiro atoms. The van der Waals surface area contributed by atoms with Gasteiger partial charge in [-0.2, -0.15) is 4.39 Å². The fourth-order valence-electron chi connectivity index (χ4n) is 3.02. The summed E-state index contributed by atoms with van der Waals surface area (Å²) in [5, 5.41) is 1.93. The minimum atomic E-state index is -3.10. The first kappa shape index (κ1) is 17.2. The lowest BCUT2D eigenvalue weighted by molar-refractivity contribution is -0.186. The number of halogens is 2. The molecule has 0 fully saturated rings. The van der Waals surface area contributed by atoms with E-state index in [0.29, 0.717) is 15.9 Å². The van der Waals surface area contributed by atoms with Gasteiger partial charge < -0.3 is 0 Å². The minimum absolute atomic E-state index is 0.644. The smallest absolute Gasteiger partial charge is 0.247 e. The molecule has 0 amide bonds. The highest BCUT2D eigenvalue weighted by Crippen LogP contribution is 2.60. The summed E-state index contributed by atoms with van der Waals surface area (Å²) in [5.41, 5.74) is 0. The predicted octanol–water partition coefficient (Wildman–Crippen LogP) is 3.70. The molecular formula is C20H16F2O2P+. The maximum Gasteiger partial charge on any atom is 0.421 e. The van der Waals surface area contributed by atoms with Crippen LogP contribution in [0.4, 0.5) is 8.92 Å². The highest BCUT2D eigenvalue weighted by molar-refractivity contribution is 7.96. The largest absolute Gasteiger partial charge is 0.421 e. The lowest BCUT2D eigenvalue weighted by Gasteiger charge is -2.28. The van der Waals surface area contributed by atoms with Gasteiger partial charge in [-0.25, -0.2) is 9.74 Å². The third-order valence-corrected chi connectivity index (χ3v) is 8.33. The van der Waals surface area contributed by atoms with Gasteiger partial charge in [0.05, 0.1) is 0 Å². The van der Waals surface area contributed by atoms with Crippen molar-refractivity contribution in [3.05, 3.63) is 91.0 Å². The van der Waals surface area contributed by atoms with Crippen molar-refractivity contribution in [2.75, 3.05) is 0 Å². The number of alkyl halides is 1. The topological polar surface area (TPSA) is 26.3 Å². The molecule has 0 aromatic heterocycles. The molecule has 2 nitrogen and oxygen atoms in total. The van der Waals surface area contributed by atoms with Crippen LogP contribution in [0.2, 0.25) is 0 Å². The molecule has 1 atom stereocenters. The quantitative estimate of drug-likeness (QED) is 0.651. The molecule has 5 heteroatoms. The van der Waals surface area contributed by atoms with Crippen LogP contribution in [0.25, 0.3) is 0 Å². The van der Waals surface area contributed by atoms with Gasteiger partial charge in [0.2, 0.25) is 0 Å². The van der Waals surface area contributed by atoms with Crippen LogP contribution in [-0.2, 0) is 9.74 Å². The molecule has 0 aliphatic carbocycles. The van der Waals surface area contributed by atoms with Gasteiger partial charge in [-0.15, -0.1) is 0 Å². The maximum atomic E-state index is 15.5. The molecular weight excluding hydrogens is 341 g/mol. The Balaban J connectivity index is 2.38. The SMILES string of the molecule is O=C(OF)C(F)[P+](c1ccccc1)(c1ccccc1)c1ccccc1. The van der Waals surface area contributed by atoms with Gasteiger partial charge in [-0.3, -0.25) is 0 Å². The summed E-state index contributed by atoms with van der Waals surface area (Å²) in [4.78, 5) is 15.2. The average molecular weight is 357 g/mol. The Hall–Kier alpha value is -2.58. The molecule has 0 saturated heterocycles. The average Bonchev–Trinajstić information content (AvgIpc) is 2.70. The highest BCUT2D eigenvalue weighted by atomic mass is 31.2. The lowest BCUT2D eigenvalue weighted by Crippen LogP contribution is -2.40. The number of carbonyl (C=O) groups is 1. The van der Waals surface area contributed by atoms with Gasteiger partial charge in [-0.1, -0.05) is 54.6 Å². The number of benzene rings is 3. The van der Waals surface area contributed by atoms with Gasteiger partial charge in [0.1, 0.15) is 15.9 Å². The van der Waals surface area contributed by atoms with Crippen molar-refractivity contribution in [2.24, 2.45) is 0 Å². The number of hydrogen-bond donors (Lipinski definition) is 0. The van der Waals surface area contributed by atoms with Crippen molar-refractivity contribution in [3.8, 4) is 0 Å². The Labute approximate surface area is 145 Å². The van der Waals surface area contributed by atoms with Crippen molar-refractivity contribution in [1.29, 1.82) is 0 Å². The van der Waals surface area contributed by atoms with E-state index in [9.17, 15) is 9.32 Å². The number of carbonyl (C=O) groups excluding carboxylic acids is 1. The predicted molar refractivity (Wildman–Crippen MR) is 97.2 cm³/mol. The summed E-state index contributed by atoms with van der Waals surface area (Å²) < 4.78 is 28.2. The first-order valence-electron chi connectivity index (χ1n) is 7.73. The van der Waals surface area contributed by atoms with Crippen LogP contribution in [0.1, 0.15) is 0 Å². The van der Waals surface area contributed by atoms with E-state index in [2.05, 4.69) is 4.94 Å². The van der Waals surface area contributed by atoms with Crippen LogP contribution in [0.5, 0.6) is 0 Å². The van der Waals surface area contributed by atoms with Crippen LogP contribution in [0.3, 0.4) is 0 Å². The van der Waals surface area contributed by atoms with Crippen LogP contribution >= 0.6 is 7.26 Å². The maximum absolute atomic E-state index is 15.5. The normalized spacial score (nSPS) is 12.4.